The van der Waals surface area contributed by atoms with E-state index >= 15 is 0 Å². The van der Waals surface area contributed by atoms with Gasteiger partial charge in [-0.1, -0.05) is 38.1 Å². The zero-order valence-electron chi connectivity index (χ0n) is 16.8. The van der Waals surface area contributed by atoms with E-state index in [9.17, 15) is 0 Å². The summed E-state index contributed by atoms with van der Waals surface area (Å²) in [5, 5.41) is 1.34. The molecule has 144 valence electrons. The molecule has 0 fully saturated rings. The lowest BCUT2D eigenvalue weighted by Crippen LogP contribution is -2.31. The average Bonchev–Trinajstić information content (AvgIpc) is 2.90. The van der Waals surface area contributed by atoms with Crippen molar-refractivity contribution >= 4 is 29.1 Å². The van der Waals surface area contributed by atoms with Crippen LogP contribution in [0.15, 0.2) is 36.5 Å². The molecule has 0 atom stereocenters. The van der Waals surface area contributed by atoms with Crippen molar-refractivity contribution in [1.82, 2.24) is 9.55 Å². The van der Waals surface area contributed by atoms with Gasteiger partial charge in [-0.2, -0.15) is 0 Å². The van der Waals surface area contributed by atoms with Gasteiger partial charge in [-0.15, -0.1) is 12.4 Å². The molecule has 4 rings (SSSR count). The van der Waals surface area contributed by atoms with Gasteiger partial charge in [0.2, 0.25) is 0 Å². The number of pyridine rings is 1. The van der Waals surface area contributed by atoms with Crippen LogP contribution in [0.1, 0.15) is 42.7 Å². The summed E-state index contributed by atoms with van der Waals surface area (Å²) in [5.41, 5.74) is 7.02. The van der Waals surface area contributed by atoms with E-state index in [4.69, 9.17) is 4.98 Å². The lowest BCUT2D eigenvalue weighted by molar-refractivity contribution is 0.519. The molecular weight excluding hydrogens is 354 g/mol. The minimum absolute atomic E-state index is 0. The fraction of sp³-hybridized carbons (Fsp3) is 0.435. The van der Waals surface area contributed by atoms with Crippen molar-refractivity contribution in [3.8, 4) is 0 Å². The molecule has 0 unspecified atom stereocenters. The fourth-order valence-corrected chi connectivity index (χ4v) is 4.18. The standard InChI is InChI=1S/C23H29N3.ClH/c1-16(2)10-14-26-18(4)17(3)22-21(26)9-12-24-23(22)25-13-11-19-7-5-6-8-20(19)15-25;/h5-9,12,16H,10-11,13-15H2,1-4H3;1H. The molecule has 0 N–H and O–H groups in total. The van der Waals surface area contributed by atoms with Gasteiger partial charge in [-0.25, -0.2) is 4.98 Å². The molecular formula is C23H30ClN3. The van der Waals surface area contributed by atoms with Crippen molar-refractivity contribution < 1.29 is 0 Å². The first-order valence-electron chi connectivity index (χ1n) is 9.82. The Kier molecular flexibility index (Phi) is 5.81. The number of hydrogen-bond donors (Lipinski definition) is 0. The van der Waals surface area contributed by atoms with Crippen LogP contribution < -0.4 is 4.90 Å². The van der Waals surface area contributed by atoms with Crippen LogP contribution in [-0.2, 0) is 19.5 Å². The predicted molar refractivity (Wildman–Crippen MR) is 117 cm³/mol. The van der Waals surface area contributed by atoms with E-state index in [1.165, 1.54) is 39.7 Å². The van der Waals surface area contributed by atoms with Crippen LogP contribution in [0.2, 0.25) is 0 Å². The summed E-state index contributed by atoms with van der Waals surface area (Å²) in [7, 11) is 0. The van der Waals surface area contributed by atoms with Gasteiger partial charge < -0.3 is 9.47 Å². The molecule has 1 aromatic carbocycles. The summed E-state index contributed by atoms with van der Waals surface area (Å²) in [5.74, 6) is 1.87. The van der Waals surface area contributed by atoms with Crippen molar-refractivity contribution in [1.29, 1.82) is 0 Å². The molecule has 3 nitrogen and oxygen atoms in total. The number of rotatable bonds is 4. The zero-order chi connectivity index (χ0) is 18.3. The first-order valence-corrected chi connectivity index (χ1v) is 9.82. The summed E-state index contributed by atoms with van der Waals surface area (Å²) in [6, 6.07) is 11.0. The van der Waals surface area contributed by atoms with Crippen LogP contribution in [0.5, 0.6) is 0 Å². The smallest absolute Gasteiger partial charge is 0.138 e. The number of anilines is 1. The van der Waals surface area contributed by atoms with Gasteiger partial charge in [0.25, 0.3) is 0 Å². The Hall–Kier alpha value is -2.00. The second-order valence-electron chi connectivity index (χ2n) is 8.01. The summed E-state index contributed by atoms with van der Waals surface area (Å²) in [6.45, 7) is 12.2. The van der Waals surface area contributed by atoms with E-state index in [0.717, 1.165) is 31.9 Å². The van der Waals surface area contributed by atoms with Crippen molar-refractivity contribution in [2.75, 3.05) is 11.4 Å². The molecule has 0 bridgehead atoms. The summed E-state index contributed by atoms with van der Waals surface area (Å²) >= 11 is 0. The Bertz CT molecular complexity index is 942. The van der Waals surface area contributed by atoms with Gasteiger partial charge in [0.05, 0.1) is 5.52 Å². The van der Waals surface area contributed by atoms with Crippen molar-refractivity contribution in [2.45, 2.75) is 53.6 Å². The van der Waals surface area contributed by atoms with Crippen LogP contribution in [0.3, 0.4) is 0 Å². The molecule has 1 aliphatic heterocycles. The minimum Gasteiger partial charge on any atom is -0.351 e. The van der Waals surface area contributed by atoms with E-state index in [1.54, 1.807) is 0 Å². The molecule has 0 saturated carbocycles. The van der Waals surface area contributed by atoms with E-state index in [1.807, 2.05) is 6.20 Å². The first kappa shape index (κ1) is 19.8. The van der Waals surface area contributed by atoms with Gasteiger partial charge in [0.1, 0.15) is 5.82 Å². The SMILES string of the molecule is Cc1c(C)n(CCC(C)C)c2ccnc(N3CCc4ccccc4C3)c12.Cl. The monoisotopic (exact) mass is 383 g/mol. The molecule has 27 heavy (non-hydrogen) atoms. The summed E-state index contributed by atoms with van der Waals surface area (Å²) in [4.78, 5) is 7.29. The van der Waals surface area contributed by atoms with Gasteiger partial charge in [0, 0.05) is 36.9 Å². The van der Waals surface area contributed by atoms with E-state index in [2.05, 4.69) is 67.5 Å². The lowest BCUT2D eigenvalue weighted by atomic mass is 9.99. The van der Waals surface area contributed by atoms with Gasteiger partial charge in [-0.05, 0) is 55.4 Å². The molecule has 4 heteroatoms. The van der Waals surface area contributed by atoms with E-state index in [-0.39, 0.29) is 12.4 Å². The Morgan fingerprint density at radius 3 is 2.56 bits per heavy atom. The molecule has 0 saturated heterocycles. The molecule has 0 amide bonds. The largest absolute Gasteiger partial charge is 0.351 e. The maximum Gasteiger partial charge on any atom is 0.138 e. The second-order valence-corrected chi connectivity index (χ2v) is 8.01. The number of aromatic nitrogens is 2. The maximum absolute atomic E-state index is 4.83. The van der Waals surface area contributed by atoms with Crippen molar-refractivity contribution in [2.24, 2.45) is 5.92 Å². The van der Waals surface area contributed by atoms with Crippen molar-refractivity contribution in [3.63, 3.8) is 0 Å². The molecule has 1 aliphatic rings. The first-order chi connectivity index (χ1) is 12.6. The van der Waals surface area contributed by atoms with Crippen LogP contribution >= 0.6 is 12.4 Å². The Labute approximate surface area is 168 Å². The maximum atomic E-state index is 4.83. The highest BCUT2D eigenvalue weighted by Crippen LogP contribution is 2.34. The van der Waals surface area contributed by atoms with Crippen LogP contribution in [-0.4, -0.2) is 16.1 Å². The Balaban J connectivity index is 0.00000210. The lowest BCUT2D eigenvalue weighted by Gasteiger charge is -2.30. The Morgan fingerprint density at radius 2 is 1.81 bits per heavy atom. The number of benzene rings is 1. The summed E-state index contributed by atoms with van der Waals surface area (Å²) in [6.07, 6.45) is 4.29. The zero-order valence-corrected chi connectivity index (χ0v) is 17.6. The number of halogens is 1. The van der Waals surface area contributed by atoms with Gasteiger partial charge >= 0.3 is 0 Å². The third-order valence-electron chi connectivity index (χ3n) is 5.88. The van der Waals surface area contributed by atoms with Gasteiger partial charge in [-0.3, -0.25) is 0 Å². The van der Waals surface area contributed by atoms with Crippen LogP contribution in [0, 0.1) is 19.8 Å². The highest BCUT2D eigenvalue weighted by Gasteiger charge is 2.22. The topological polar surface area (TPSA) is 21.1 Å². The number of hydrogen-bond acceptors (Lipinski definition) is 2. The molecule has 0 radical (unpaired) electrons. The van der Waals surface area contributed by atoms with Gasteiger partial charge in [0.15, 0.2) is 0 Å². The highest BCUT2D eigenvalue weighted by atomic mass is 35.5. The van der Waals surface area contributed by atoms with Crippen molar-refractivity contribution in [3.05, 3.63) is 58.9 Å². The number of nitrogens with zero attached hydrogens (tertiary/aromatic N) is 3. The molecule has 2 aromatic heterocycles. The molecule has 0 spiro atoms. The van der Waals surface area contributed by atoms with Crippen LogP contribution in [0.4, 0.5) is 5.82 Å². The summed E-state index contributed by atoms with van der Waals surface area (Å²) < 4.78 is 2.49. The predicted octanol–water partition coefficient (Wildman–Crippen LogP) is 5.68. The fourth-order valence-electron chi connectivity index (χ4n) is 4.18. The molecule has 3 aromatic rings. The average molecular weight is 384 g/mol. The minimum atomic E-state index is 0. The second kappa shape index (κ2) is 7.93. The number of aryl methyl sites for hydroxylation is 2. The highest BCUT2D eigenvalue weighted by molar-refractivity contribution is 5.94. The molecule has 3 heterocycles. The third kappa shape index (κ3) is 3.58. The quantitative estimate of drug-likeness (QED) is 0.577. The normalized spacial score (nSPS) is 13.7. The Morgan fingerprint density at radius 1 is 1.07 bits per heavy atom. The van der Waals surface area contributed by atoms with Crippen LogP contribution in [0.25, 0.3) is 10.9 Å². The van der Waals surface area contributed by atoms with E-state index < -0.39 is 0 Å². The number of fused-ring (bicyclic) bond motifs is 2. The molecule has 0 aliphatic carbocycles. The van der Waals surface area contributed by atoms with E-state index in [0.29, 0.717) is 5.92 Å². The third-order valence-corrected chi connectivity index (χ3v) is 5.88.